The summed E-state index contributed by atoms with van der Waals surface area (Å²) in [5.41, 5.74) is 0. The number of nitrogens with zero attached hydrogens (tertiary/aromatic N) is 3. The van der Waals surface area contributed by atoms with Gasteiger partial charge in [0.2, 0.25) is 11.7 Å². The highest BCUT2D eigenvalue weighted by atomic mass is 19.1. The molecular formula is C13H18FN3O3. The Balaban J connectivity index is 1.96. The molecule has 7 heteroatoms. The lowest BCUT2D eigenvalue weighted by Crippen LogP contribution is -2.29. The second-order valence-electron chi connectivity index (χ2n) is 4.75. The normalized spacial score (nSPS) is 18.6. The molecule has 110 valence electrons. The quantitative estimate of drug-likeness (QED) is 0.767. The fraction of sp³-hybridized carbons (Fsp3) is 0.615. The van der Waals surface area contributed by atoms with E-state index in [2.05, 4.69) is 9.97 Å². The minimum Gasteiger partial charge on any atom is -0.479 e. The number of carbonyl (C=O) groups is 1. The van der Waals surface area contributed by atoms with Gasteiger partial charge in [-0.05, 0) is 5.92 Å². The van der Waals surface area contributed by atoms with Gasteiger partial charge in [0.15, 0.2) is 0 Å². The van der Waals surface area contributed by atoms with Gasteiger partial charge in [0, 0.05) is 33.0 Å². The molecule has 0 saturated carbocycles. The lowest BCUT2D eigenvalue weighted by molar-refractivity contribution is -0.128. The van der Waals surface area contributed by atoms with E-state index >= 15 is 0 Å². The summed E-state index contributed by atoms with van der Waals surface area (Å²) in [7, 11) is 2.97. The van der Waals surface area contributed by atoms with E-state index in [1.54, 1.807) is 12.0 Å². The summed E-state index contributed by atoms with van der Waals surface area (Å²) >= 11 is 0. The second-order valence-corrected chi connectivity index (χ2v) is 4.75. The minimum atomic E-state index is -0.583. The van der Waals surface area contributed by atoms with E-state index in [0.29, 0.717) is 38.4 Å². The number of ether oxygens (including phenoxy) is 2. The van der Waals surface area contributed by atoms with Crippen molar-refractivity contribution in [3.05, 3.63) is 17.8 Å². The third-order valence-electron chi connectivity index (χ3n) is 3.29. The first-order chi connectivity index (χ1) is 9.63. The number of aromatic nitrogens is 2. The fourth-order valence-corrected chi connectivity index (χ4v) is 2.29. The van der Waals surface area contributed by atoms with E-state index in [0.717, 1.165) is 6.20 Å². The minimum absolute atomic E-state index is 0.0597. The Kier molecular flexibility index (Phi) is 4.84. The summed E-state index contributed by atoms with van der Waals surface area (Å²) in [5.74, 6) is 0.112. The van der Waals surface area contributed by atoms with Gasteiger partial charge in [-0.3, -0.25) is 4.79 Å². The molecule has 20 heavy (non-hydrogen) atoms. The van der Waals surface area contributed by atoms with Crippen LogP contribution in [0.25, 0.3) is 0 Å². The van der Waals surface area contributed by atoms with Crippen LogP contribution in [0.2, 0.25) is 0 Å². The zero-order valence-corrected chi connectivity index (χ0v) is 11.6. The van der Waals surface area contributed by atoms with E-state index in [-0.39, 0.29) is 17.7 Å². The fourth-order valence-electron chi connectivity index (χ4n) is 2.29. The van der Waals surface area contributed by atoms with E-state index in [4.69, 9.17) is 9.47 Å². The van der Waals surface area contributed by atoms with Gasteiger partial charge in [0.25, 0.3) is 5.88 Å². The molecule has 1 aromatic rings. The molecule has 1 atom stereocenters. The topological polar surface area (TPSA) is 64.6 Å². The molecule has 1 aromatic heterocycles. The molecule has 0 radical (unpaired) electrons. The molecule has 2 heterocycles. The Labute approximate surface area is 116 Å². The molecule has 0 spiro atoms. The van der Waals surface area contributed by atoms with Crippen molar-refractivity contribution >= 4 is 5.91 Å². The van der Waals surface area contributed by atoms with Crippen LogP contribution in [0.4, 0.5) is 4.39 Å². The molecule has 0 N–H and O–H groups in total. The maximum atomic E-state index is 13.2. The van der Waals surface area contributed by atoms with Gasteiger partial charge in [0.05, 0.1) is 19.9 Å². The number of rotatable bonds is 6. The molecular weight excluding hydrogens is 265 g/mol. The van der Waals surface area contributed by atoms with Gasteiger partial charge in [-0.2, -0.15) is 9.37 Å². The van der Waals surface area contributed by atoms with Crippen molar-refractivity contribution in [3.63, 3.8) is 0 Å². The monoisotopic (exact) mass is 283 g/mol. The number of halogens is 1. The van der Waals surface area contributed by atoms with Crippen molar-refractivity contribution in [3.8, 4) is 5.88 Å². The van der Waals surface area contributed by atoms with Crippen LogP contribution in [-0.4, -0.2) is 54.7 Å². The molecule has 0 aromatic carbocycles. The van der Waals surface area contributed by atoms with Crippen molar-refractivity contribution in [2.45, 2.75) is 12.8 Å². The van der Waals surface area contributed by atoms with Crippen LogP contribution in [0, 0.1) is 11.7 Å². The Morgan fingerprint density at radius 1 is 1.50 bits per heavy atom. The molecule has 1 amide bonds. The average Bonchev–Trinajstić information content (AvgIpc) is 2.78. The van der Waals surface area contributed by atoms with Crippen molar-refractivity contribution in [2.24, 2.45) is 5.92 Å². The molecule has 6 nitrogen and oxygen atoms in total. The lowest BCUT2D eigenvalue weighted by Gasteiger charge is -2.15. The highest BCUT2D eigenvalue weighted by Gasteiger charge is 2.30. The van der Waals surface area contributed by atoms with Crippen LogP contribution < -0.4 is 4.74 Å². The van der Waals surface area contributed by atoms with Gasteiger partial charge >= 0.3 is 0 Å². The first-order valence-electron chi connectivity index (χ1n) is 6.46. The second kappa shape index (κ2) is 6.60. The Morgan fingerprint density at radius 3 is 3.00 bits per heavy atom. The molecule has 1 saturated heterocycles. The van der Waals surface area contributed by atoms with E-state index in [1.807, 2.05) is 0 Å². The predicted octanol–water partition coefficient (Wildman–Crippen LogP) is 0.662. The molecule has 2 rings (SSSR count). The summed E-state index contributed by atoms with van der Waals surface area (Å²) in [6.45, 7) is 1.78. The summed E-state index contributed by atoms with van der Waals surface area (Å²) < 4.78 is 23.0. The van der Waals surface area contributed by atoms with Crippen LogP contribution in [0.3, 0.4) is 0 Å². The SMILES string of the molecule is COCCN1C[C@H](Cc2ncc(F)c(OC)n2)CC1=O. The molecule has 1 aliphatic heterocycles. The van der Waals surface area contributed by atoms with Gasteiger partial charge in [-0.1, -0.05) is 0 Å². The number of hydrogen-bond acceptors (Lipinski definition) is 5. The van der Waals surface area contributed by atoms with Crippen molar-refractivity contribution in [1.82, 2.24) is 14.9 Å². The van der Waals surface area contributed by atoms with Crippen LogP contribution in [0.15, 0.2) is 6.20 Å². The first-order valence-corrected chi connectivity index (χ1v) is 6.46. The van der Waals surface area contributed by atoms with Crippen LogP contribution >= 0.6 is 0 Å². The molecule has 0 aliphatic carbocycles. The summed E-state index contributed by atoms with van der Waals surface area (Å²) in [6, 6.07) is 0. The van der Waals surface area contributed by atoms with Gasteiger partial charge in [0.1, 0.15) is 5.82 Å². The average molecular weight is 283 g/mol. The van der Waals surface area contributed by atoms with E-state index in [1.165, 1.54) is 7.11 Å². The third-order valence-corrected chi connectivity index (χ3v) is 3.29. The zero-order valence-electron chi connectivity index (χ0n) is 11.6. The Hall–Kier alpha value is -1.76. The van der Waals surface area contributed by atoms with Gasteiger partial charge in [-0.25, -0.2) is 4.98 Å². The predicted molar refractivity (Wildman–Crippen MR) is 68.8 cm³/mol. The van der Waals surface area contributed by atoms with Crippen molar-refractivity contribution in [1.29, 1.82) is 0 Å². The Morgan fingerprint density at radius 2 is 2.30 bits per heavy atom. The van der Waals surface area contributed by atoms with Gasteiger partial charge < -0.3 is 14.4 Å². The summed E-state index contributed by atoms with van der Waals surface area (Å²) in [6.07, 6.45) is 2.10. The maximum absolute atomic E-state index is 13.2. The lowest BCUT2D eigenvalue weighted by atomic mass is 10.0. The number of likely N-dealkylation sites (tertiary alicyclic amines) is 1. The van der Waals surface area contributed by atoms with E-state index < -0.39 is 5.82 Å². The molecule has 0 unspecified atom stereocenters. The molecule has 1 fully saturated rings. The highest BCUT2D eigenvalue weighted by Crippen LogP contribution is 2.21. The Bertz CT molecular complexity index is 484. The first kappa shape index (κ1) is 14.6. The zero-order chi connectivity index (χ0) is 14.5. The number of amides is 1. The van der Waals surface area contributed by atoms with Crippen molar-refractivity contribution in [2.75, 3.05) is 33.9 Å². The van der Waals surface area contributed by atoms with Crippen LogP contribution in [0.5, 0.6) is 5.88 Å². The van der Waals surface area contributed by atoms with Crippen LogP contribution in [-0.2, 0) is 16.0 Å². The smallest absolute Gasteiger partial charge is 0.253 e. The van der Waals surface area contributed by atoms with Gasteiger partial charge in [-0.15, -0.1) is 0 Å². The third kappa shape index (κ3) is 3.41. The van der Waals surface area contributed by atoms with Crippen molar-refractivity contribution < 1.29 is 18.7 Å². The highest BCUT2D eigenvalue weighted by molar-refractivity contribution is 5.78. The molecule has 0 bridgehead atoms. The number of methoxy groups -OCH3 is 2. The summed E-state index contributed by atoms with van der Waals surface area (Å²) in [5, 5.41) is 0. The molecule has 1 aliphatic rings. The standard InChI is InChI=1S/C13H18FN3O3/c1-19-4-3-17-8-9(6-12(17)18)5-11-15-7-10(14)13(16-11)20-2/h7,9H,3-6,8H2,1-2H3/t9-/m1/s1. The number of carbonyl (C=O) groups excluding carboxylic acids is 1. The van der Waals surface area contributed by atoms with E-state index in [9.17, 15) is 9.18 Å². The summed E-state index contributed by atoms with van der Waals surface area (Å²) in [4.78, 5) is 21.5. The largest absolute Gasteiger partial charge is 0.479 e. The van der Waals surface area contributed by atoms with Crippen LogP contribution in [0.1, 0.15) is 12.2 Å². The maximum Gasteiger partial charge on any atom is 0.253 e. The number of hydrogen-bond donors (Lipinski definition) is 0.